The van der Waals surface area contributed by atoms with Crippen LogP contribution in [0.2, 0.25) is 0 Å². The molecule has 324 valence electrons. The Bertz CT molecular complexity index is 977. The molecule has 3 atom stereocenters. The molecule has 0 heterocycles. The molecule has 0 aliphatic heterocycles. The van der Waals surface area contributed by atoms with E-state index in [1.54, 1.807) is 6.26 Å². The minimum absolute atomic E-state index is 0.0672. The Balaban J connectivity index is 4.26. The highest BCUT2D eigenvalue weighted by Crippen LogP contribution is 2.43. The largest absolute Gasteiger partial charge is 0.498 e. The van der Waals surface area contributed by atoms with Gasteiger partial charge in [-0.3, -0.25) is 18.6 Å². The van der Waals surface area contributed by atoms with Crippen molar-refractivity contribution in [3.05, 3.63) is 24.5 Å². The first-order valence-corrected chi connectivity index (χ1v) is 23.9. The van der Waals surface area contributed by atoms with Crippen LogP contribution < -0.4 is 5.73 Å². The van der Waals surface area contributed by atoms with E-state index in [2.05, 4.69) is 26.0 Å². The van der Waals surface area contributed by atoms with Gasteiger partial charge in [0.2, 0.25) is 0 Å². The number of carbonyl (C=O) groups is 2. The molecule has 0 saturated heterocycles. The highest BCUT2D eigenvalue weighted by Gasteiger charge is 2.27. The maximum absolute atomic E-state index is 12.6. The van der Waals surface area contributed by atoms with Crippen molar-refractivity contribution >= 4 is 19.8 Å². The van der Waals surface area contributed by atoms with Gasteiger partial charge in [0.05, 0.1) is 19.5 Å². The molecule has 0 aromatic heterocycles. The number of phosphoric acid groups is 1. The average Bonchev–Trinajstić information content (AvgIpc) is 3.16. The molecule has 0 rings (SSSR count). The van der Waals surface area contributed by atoms with E-state index in [0.717, 1.165) is 44.9 Å². The zero-order valence-electron chi connectivity index (χ0n) is 35.3. The number of hydrogen-bond acceptors (Lipinski definition) is 8. The highest BCUT2D eigenvalue weighted by molar-refractivity contribution is 7.47. The lowest BCUT2D eigenvalue weighted by molar-refractivity contribution is -0.153. The normalized spacial score (nSPS) is 14.0. The second kappa shape index (κ2) is 40.5. The summed E-state index contributed by atoms with van der Waals surface area (Å²) in [6.45, 7) is 3.28. The van der Waals surface area contributed by atoms with Crippen molar-refractivity contribution in [1.82, 2.24) is 0 Å². The van der Waals surface area contributed by atoms with E-state index < -0.39 is 45.1 Å². The molecule has 0 aliphatic rings. The molecule has 11 heteroatoms. The van der Waals surface area contributed by atoms with E-state index in [0.29, 0.717) is 6.42 Å². The standard InChI is InChI=1S/C44H84NO9P/c1-3-5-7-9-11-13-15-17-19-20-21-23-25-27-29-31-33-35-37-51-38-41(39-52-55(49,50)53-40-42(45)44(47)48)54-43(46)36-34-32-30-28-26-24-22-18-16-14-12-10-8-6-4-2/h18,22,35,37,41-42H,3-17,19-21,23-34,36,38-40,45H2,1-2H3,(H,47,48)(H,49,50)/b22-18-,37-35-/t41-,42+/m1/s1. The van der Waals surface area contributed by atoms with Crippen molar-refractivity contribution in [2.45, 2.75) is 225 Å². The number of nitrogens with two attached hydrogens (primary N) is 1. The van der Waals surface area contributed by atoms with Gasteiger partial charge in [0.25, 0.3) is 0 Å². The van der Waals surface area contributed by atoms with E-state index in [9.17, 15) is 19.0 Å². The summed E-state index contributed by atoms with van der Waals surface area (Å²) in [4.78, 5) is 33.5. The molecule has 10 nitrogen and oxygen atoms in total. The lowest BCUT2D eigenvalue weighted by atomic mass is 10.0. The third-order valence-electron chi connectivity index (χ3n) is 9.80. The van der Waals surface area contributed by atoms with Crippen molar-refractivity contribution in [2.75, 3.05) is 19.8 Å². The fraction of sp³-hybridized carbons (Fsp3) is 0.864. The van der Waals surface area contributed by atoms with Gasteiger partial charge in [0.15, 0.2) is 6.10 Å². The summed E-state index contributed by atoms with van der Waals surface area (Å²) in [5, 5.41) is 8.89. The van der Waals surface area contributed by atoms with Crippen molar-refractivity contribution < 1.29 is 42.7 Å². The zero-order chi connectivity index (χ0) is 40.5. The Labute approximate surface area is 336 Å². The number of phosphoric ester groups is 1. The van der Waals surface area contributed by atoms with Crippen LogP contribution in [0, 0.1) is 0 Å². The van der Waals surface area contributed by atoms with Crippen LogP contribution in [0.4, 0.5) is 0 Å². The fourth-order valence-electron chi connectivity index (χ4n) is 6.27. The van der Waals surface area contributed by atoms with Crippen LogP contribution in [0.15, 0.2) is 24.5 Å². The maximum Gasteiger partial charge on any atom is 0.472 e. The summed E-state index contributed by atoms with van der Waals surface area (Å²) in [5.41, 5.74) is 5.35. The number of carboxylic acid groups (broad SMARTS) is 1. The third-order valence-corrected chi connectivity index (χ3v) is 10.7. The summed E-state index contributed by atoms with van der Waals surface area (Å²) < 4.78 is 33.1. The molecule has 55 heavy (non-hydrogen) atoms. The number of unbranched alkanes of at least 4 members (excludes halogenated alkanes) is 27. The smallest absolute Gasteiger partial charge is 0.472 e. The second-order valence-corrected chi connectivity index (χ2v) is 16.7. The molecule has 0 bridgehead atoms. The molecule has 0 fully saturated rings. The zero-order valence-corrected chi connectivity index (χ0v) is 36.2. The molecule has 0 aliphatic carbocycles. The predicted octanol–water partition coefficient (Wildman–Crippen LogP) is 12.7. The Kier molecular flexibility index (Phi) is 39.2. The predicted molar refractivity (Wildman–Crippen MR) is 226 cm³/mol. The monoisotopic (exact) mass is 802 g/mol. The second-order valence-electron chi connectivity index (χ2n) is 15.2. The number of hydrogen-bond donors (Lipinski definition) is 3. The van der Waals surface area contributed by atoms with Crippen LogP contribution in [-0.4, -0.2) is 53.9 Å². The molecule has 0 saturated carbocycles. The summed E-state index contributed by atoms with van der Waals surface area (Å²) in [6.07, 6.45) is 44.6. The van der Waals surface area contributed by atoms with Crippen LogP contribution >= 0.6 is 7.82 Å². The minimum atomic E-state index is -4.63. The summed E-state index contributed by atoms with van der Waals surface area (Å²) in [5.74, 6) is -1.81. The molecule has 4 N–H and O–H groups in total. The Morgan fingerprint density at radius 3 is 1.38 bits per heavy atom. The van der Waals surface area contributed by atoms with Crippen LogP contribution in [-0.2, 0) is 32.7 Å². The Morgan fingerprint density at radius 1 is 0.564 bits per heavy atom. The van der Waals surface area contributed by atoms with Crippen LogP contribution in [0.1, 0.15) is 213 Å². The Hall–Kier alpha value is -1.71. The number of rotatable bonds is 43. The van der Waals surface area contributed by atoms with E-state index in [1.807, 2.05) is 6.08 Å². The fourth-order valence-corrected chi connectivity index (χ4v) is 7.05. The van der Waals surface area contributed by atoms with Gasteiger partial charge >= 0.3 is 19.8 Å². The number of carboxylic acids is 1. The van der Waals surface area contributed by atoms with Crippen molar-refractivity contribution in [3.8, 4) is 0 Å². The minimum Gasteiger partial charge on any atom is -0.498 e. The quantitative estimate of drug-likeness (QED) is 0.0178. The van der Waals surface area contributed by atoms with Crippen molar-refractivity contribution in [3.63, 3.8) is 0 Å². The Morgan fingerprint density at radius 2 is 0.945 bits per heavy atom. The molecule has 0 amide bonds. The van der Waals surface area contributed by atoms with Gasteiger partial charge < -0.3 is 25.2 Å². The van der Waals surface area contributed by atoms with Gasteiger partial charge in [0, 0.05) is 6.42 Å². The van der Waals surface area contributed by atoms with Crippen molar-refractivity contribution in [2.24, 2.45) is 5.73 Å². The van der Waals surface area contributed by atoms with Crippen molar-refractivity contribution in [1.29, 1.82) is 0 Å². The van der Waals surface area contributed by atoms with Gasteiger partial charge in [-0.25, -0.2) is 4.57 Å². The van der Waals surface area contributed by atoms with Gasteiger partial charge in [-0.2, -0.15) is 0 Å². The number of ether oxygens (including phenoxy) is 2. The topological polar surface area (TPSA) is 155 Å². The van der Waals surface area contributed by atoms with Crippen LogP contribution in [0.25, 0.3) is 0 Å². The van der Waals surface area contributed by atoms with Crippen LogP contribution in [0.5, 0.6) is 0 Å². The molecule has 0 aromatic rings. The molecular formula is C44H84NO9P. The summed E-state index contributed by atoms with van der Waals surface area (Å²) in [6, 6.07) is -1.48. The lowest BCUT2D eigenvalue weighted by Gasteiger charge is -2.20. The lowest BCUT2D eigenvalue weighted by Crippen LogP contribution is -2.34. The molecule has 0 spiro atoms. The number of allylic oxidation sites excluding steroid dienone is 3. The van der Waals surface area contributed by atoms with Crippen LogP contribution in [0.3, 0.4) is 0 Å². The average molecular weight is 802 g/mol. The first kappa shape index (κ1) is 53.3. The SMILES string of the molecule is CCCCCCCC/C=C\CCCCCCCC(=O)O[C@H](CO/C=C\CCCCCCCCCCCCCCCCCC)COP(=O)(O)OC[C@H](N)C(=O)O. The first-order chi connectivity index (χ1) is 26.7. The van der Waals surface area contributed by atoms with Gasteiger partial charge in [-0.15, -0.1) is 0 Å². The molecular weight excluding hydrogens is 717 g/mol. The summed E-state index contributed by atoms with van der Waals surface area (Å²) in [7, 11) is -4.63. The van der Waals surface area contributed by atoms with E-state index in [-0.39, 0.29) is 13.0 Å². The molecule has 0 aromatic carbocycles. The molecule has 1 unspecified atom stereocenters. The van der Waals surface area contributed by atoms with Gasteiger partial charge in [-0.1, -0.05) is 174 Å². The number of carbonyl (C=O) groups excluding carboxylic acids is 1. The highest BCUT2D eigenvalue weighted by atomic mass is 31.2. The number of aliphatic carboxylic acids is 1. The van der Waals surface area contributed by atoms with Gasteiger partial charge in [-0.05, 0) is 51.0 Å². The van der Waals surface area contributed by atoms with Gasteiger partial charge in [0.1, 0.15) is 12.6 Å². The first-order valence-electron chi connectivity index (χ1n) is 22.4. The maximum atomic E-state index is 12.6. The summed E-state index contributed by atoms with van der Waals surface area (Å²) >= 11 is 0. The number of esters is 1. The van der Waals surface area contributed by atoms with E-state index in [4.69, 9.17) is 29.4 Å². The molecule has 0 radical (unpaired) electrons. The van der Waals surface area contributed by atoms with E-state index in [1.165, 1.54) is 141 Å². The van der Waals surface area contributed by atoms with E-state index >= 15 is 0 Å². The third kappa shape index (κ3) is 40.3.